The molecule has 2 heterocycles. The summed E-state index contributed by atoms with van der Waals surface area (Å²) in [4.78, 5) is 20.2. The van der Waals surface area contributed by atoms with Gasteiger partial charge in [0.05, 0.1) is 31.9 Å². The number of amides is 1. The van der Waals surface area contributed by atoms with Crippen molar-refractivity contribution >= 4 is 11.6 Å². The molecular formula is C13H19N3O4. The predicted octanol–water partition coefficient (Wildman–Crippen LogP) is 1.25. The quantitative estimate of drug-likeness (QED) is 0.845. The van der Waals surface area contributed by atoms with Crippen LogP contribution in [0, 0.1) is 5.92 Å². The van der Waals surface area contributed by atoms with Gasteiger partial charge in [-0.2, -0.15) is 4.98 Å². The molecule has 2 rings (SSSR count). The number of carbonyl (C=O) groups excluding carboxylic acids is 1. The monoisotopic (exact) mass is 281 g/mol. The van der Waals surface area contributed by atoms with Crippen LogP contribution in [0.3, 0.4) is 0 Å². The first-order valence-corrected chi connectivity index (χ1v) is 6.75. The third-order valence-corrected chi connectivity index (χ3v) is 2.84. The number of rotatable bonds is 6. The third-order valence-electron chi connectivity index (χ3n) is 2.84. The van der Waals surface area contributed by atoms with E-state index in [-0.39, 0.29) is 17.8 Å². The van der Waals surface area contributed by atoms with Gasteiger partial charge < -0.3 is 19.5 Å². The summed E-state index contributed by atoms with van der Waals surface area (Å²) in [6.07, 6.45) is 2.23. The van der Waals surface area contributed by atoms with E-state index in [0.29, 0.717) is 38.0 Å². The number of nitrogens with zero attached hydrogens (tertiary/aromatic N) is 2. The van der Waals surface area contributed by atoms with Crippen LogP contribution < -0.4 is 14.8 Å². The van der Waals surface area contributed by atoms with Gasteiger partial charge in [0, 0.05) is 6.61 Å². The summed E-state index contributed by atoms with van der Waals surface area (Å²) in [5.74, 6) is 0.0884. The van der Waals surface area contributed by atoms with Crippen molar-refractivity contribution in [2.24, 2.45) is 5.92 Å². The molecule has 1 aromatic heterocycles. The highest BCUT2D eigenvalue weighted by molar-refractivity contribution is 5.93. The minimum atomic E-state index is -0.129. The first-order chi connectivity index (χ1) is 9.74. The van der Waals surface area contributed by atoms with Crippen LogP contribution in [0.1, 0.15) is 20.3 Å². The van der Waals surface area contributed by atoms with Crippen molar-refractivity contribution in [1.82, 2.24) is 9.97 Å². The Balaban J connectivity index is 2.10. The maximum atomic E-state index is 12.0. The minimum Gasteiger partial charge on any atom is -0.476 e. The van der Waals surface area contributed by atoms with E-state index in [9.17, 15) is 4.79 Å². The molecule has 1 aromatic rings. The fourth-order valence-corrected chi connectivity index (χ4v) is 1.86. The van der Waals surface area contributed by atoms with Crippen LogP contribution in [0.15, 0.2) is 6.20 Å². The lowest BCUT2D eigenvalue weighted by atomic mass is 10.1. The van der Waals surface area contributed by atoms with Crippen molar-refractivity contribution in [3.05, 3.63) is 6.20 Å². The van der Waals surface area contributed by atoms with Crippen molar-refractivity contribution in [3.8, 4) is 11.9 Å². The molecule has 1 aliphatic rings. The van der Waals surface area contributed by atoms with Crippen molar-refractivity contribution in [1.29, 1.82) is 0 Å². The van der Waals surface area contributed by atoms with Gasteiger partial charge in [-0.3, -0.25) is 4.79 Å². The van der Waals surface area contributed by atoms with Gasteiger partial charge in [0.1, 0.15) is 5.69 Å². The van der Waals surface area contributed by atoms with E-state index in [2.05, 4.69) is 15.3 Å². The fourth-order valence-electron chi connectivity index (χ4n) is 1.86. The topological polar surface area (TPSA) is 82.6 Å². The maximum Gasteiger partial charge on any atom is 0.319 e. The van der Waals surface area contributed by atoms with Crippen LogP contribution in [0.4, 0.5) is 5.69 Å². The Hall–Kier alpha value is -1.89. The van der Waals surface area contributed by atoms with E-state index in [1.165, 1.54) is 6.20 Å². The van der Waals surface area contributed by atoms with E-state index in [1.807, 2.05) is 13.8 Å². The minimum absolute atomic E-state index is 0.101. The molecule has 1 aliphatic heterocycles. The lowest BCUT2D eigenvalue weighted by Gasteiger charge is -2.13. The van der Waals surface area contributed by atoms with E-state index in [4.69, 9.17) is 14.2 Å². The molecule has 7 nitrogen and oxygen atoms in total. The molecule has 1 amide bonds. The zero-order valence-electron chi connectivity index (χ0n) is 11.7. The van der Waals surface area contributed by atoms with Crippen molar-refractivity contribution in [2.75, 3.05) is 31.7 Å². The molecule has 0 aliphatic carbocycles. The summed E-state index contributed by atoms with van der Waals surface area (Å²) < 4.78 is 15.8. The van der Waals surface area contributed by atoms with Gasteiger partial charge in [0.15, 0.2) is 0 Å². The average molecular weight is 281 g/mol. The highest BCUT2D eigenvalue weighted by Crippen LogP contribution is 2.24. The number of hydrogen-bond acceptors (Lipinski definition) is 6. The SMILES string of the molecule is CCOc1ncc(NC(=O)C2CCOC2)c(OCC)n1. The zero-order chi connectivity index (χ0) is 14.4. The van der Waals surface area contributed by atoms with E-state index >= 15 is 0 Å². The molecule has 0 spiro atoms. The van der Waals surface area contributed by atoms with Gasteiger partial charge >= 0.3 is 6.01 Å². The van der Waals surface area contributed by atoms with Crippen LogP contribution in [0.5, 0.6) is 11.9 Å². The second-order valence-electron chi connectivity index (χ2n) is 4.29. The number of hydrogen-bond donors (Lipinski definition) is 1. The van der Waals surface area contributed by atoms with Crippen molar-refractivity contribution in [3.63, 3.8) is 0 Å². The molecule has 20 heavy (non-hydrogen) atoms. The van der Waals surface area contributed by atoms with Crippen molar-refractivity contribution in [2.45, 2.75) is 20.3 Å². The third kappa shape index (κ3) is 3.57. The lowest BCUT2D eigenvalue weighted by Crippen LogP contribution is -2.23. The van der Waals surface area contributed by atoms with Gasteiger partial charge in [0.25, 0.3) is 0 Å². The highest BCUT2D eigenvalue weighted by Gasteiger charge is 2.24. The first kappa shape index (κ1) is 14.5. The highest BCUT2D eigenvalue weighted by atomic mass is 16.5. The predicted molar refractivity (Wildman–Crippen MR) is 71.9 cm³/mol. The second-order valence-corrected chi connectivity index (χ2v) is 4.29. The Labute approximate surface area is 117 Å². The van der Waals surface area contributed by atoms with E-state index in [0.717, 1.165) is 6.42 Å². The van der Waals surface area contributed by atoms with Crippen LogP contribution in [0.25, 0.3) is 0 Å². The molecular weight excluding hydrogens is 262 g/mol. The van der Waals surface area contributed by atoms with Crippen LogP contribution in [-0.2, 0) is 9.53 Å². The number of anilines is 1. The summed E-state index contributed by atoms with van der Waals surface area (Å²) in [5.41, 5.74) is 0.451. The summed E-state index contributed by atoms with van der Waals surface area (Å²) in [7, 11) is 0. The number of nitrogens with one attached hydrogen (secondary N) is 1. The molecule has 0 aromatic carbocycles. The van der Waals surface area contributed by atoms with Gasteiger partial charge in [0.2, 0.25) is 11.8 Å². The van der Waals surface area contributed by atoms with Gasteiger partial charge in [-0.1, -0.05) is 0 Å². The van der Waals surface area contributed by atoms with E-state index < -0.39 is 0 Å². The van der Waals surface area contributed by atoms with Gasteiger partial charge in [-0.15, -0.1) is 0 Å². The summed E-state index contributed by atoms with van der Waals surface area (Å²) in [6, 6.07) is 0.234. The number of ether oxygens (including phenoxy) is 3. The Bertz CT molecular complexity index is 461. The lowest BCUT2D eigenvalue weighted by molar-refractivity contribution is -0.119. The largest absolute Gasteiger partial charge is 0.476 e. The molecule has 0 bridgehead atoms. The molecule has 1 unspecified atom stereocenters. The first-order valence-electron chi connectivity index (χ1n) is 6.75. The normalized spacial score (nSPS) is 17.8. The van der Waals surface area contributed by atoms with Crippen LogP contribution in [0.2, 0.25) is 0 Å². The molecule has 1 saturated heterocycles. The number of carbonyl (C=O) groups is 1. The molecule has 0 saturated carbocycles. The Morgan fingerprint density at radius 1 is 1.45 bits per heavy atom. The summed E-state index contributed by atoms with van der Waals surface area (Å²) >= 11 is 0. The number of aromatic nitrogens is 2. The van der Waals surface area contributed by atoms with Crippen molar-refractivity contribution < 1.29 is 19.0 Å². The molecule has 1 fully saturated rings. The smallest absolute Gasteiger partial charge is 0.319 e. The average Bonchev–Trinajstić information content (AvgIpc) is 2.96. The molecule has 110 valence electrons. The molecule has 1 N–H and O–H groups in total. The molecule has 1 atom stereocenters. The van der Waals surface area contributed by atoms with Crippen LogP contribution >= 0.6 is 0 Å². The molecule has 0 radical (unpaired) electrons. The van der Waals surface area contributed by atoms with E-state index in [1.54, 1.807) is 0 Å². The second kappa shape index (κ2) is 7.04. The van der Waals surface area contributed by atoms with Gasteiger partial charge in [-0.25, -0.2) is 4.98 Å². The van der Waals surface area contributed by atoms with Crippen LogP contribution in [-0.4, -0.2) is 42.3 Å². The fraction of sp³-hybridized carbons (Fsp3) is 0.615. The Morgan fingerprint density at radius 3 is 2.90 bits per heavy atom. The summed E-state index contributed by atoms with van der Waals surface area (Å²) in [6.45, 7) is 5.68. The maximum absolute atomic E-state index is 12.0. The molecule has 7 heteroatoms. The summed E-state index contributed by atoms with van der Waals surface area (Å²) in [5, 5.41) is 2.78. The van der Waals surface area contributed by atoms with Gasteiger partial charge in [-0.05, 0) is 20.3 Å². The zero-order valence-corrected chi connectivity index (χ0v) is 11.7. The Morgan fingerprint density at radius 2 is 2.25 bits per heavy atom. The Kier molecular flexibility index (Phi) is 5.11. The standard InChI is InChI=1S/C13H19N3O4/c1-3-19-12-10(7-14-13(16-12)20-4-2)15-11(17)9-5-6-18-8-9/h7,9H,3-6,8H2,1-2H3,(H,15,17).